The van der Waals surface area contributed by atoms with Gasteiger partial charge in [-0.3, -0.25) is 14.4 Å². The minimum atomic E-state index is -0.838. The van der Waals surface area contributed by atoms with Crippen LogP contribution in [0.5, 0.6) is 0 Å². The second-order valence-corrected chi connectivity index (χ2v) is 11.2. The first kappa shape index (κ1) is 24.1. The summed E-state index contributed by atoms with van der Waals surface area (Å²) in [6.07, 6.45) is 4.04. The first-order chi connectivity index (χ1) is 15.6. The van der Waals surface area contributed by atoms with E-state index in [2.05, 4.69) is 5.32 Å². The fourth-order valence-corrected chi connectivity index (χ4v) is 6.83. The number of amides is 2. The van der Waals surface area contributed by atoms with E-state index in [0.717, 1.165) is 32.1 Å². The number of rotatable bonds is 7. The minimum Gasteiger partial charge on any atom is -0.427 e. The summed E-state index contributed by atoms with van der Waals surface area (Å²) < 4.78 is 10.6. The Bertz CT molecular complexity index is 880. The van der Waals surface area contributed by atoms with E-state index < -0.39 is 30.2 Å². The molecule has 4 unspecified atom stereocenters. The number of ether oxygens (including phenoxy) is 2. The molecule has 1 saturated carbocycles. The molecule has 0 spiro atoms. The van der Waals surface area contributed by atoms with Gasteiger partial charge >= 0.3 is 11.9 Å². The van der Waals surface area contributed by atoms with Gasteiger partial charge in [0.2, 0.25) is 18.6 Å². The van der Waals surface area contributed by atoms with Crippen molar-refractivity contribution in [3.05, 3.63) is 10.6 Å². The van der Waals surface area contributed by atoms with Crippen LogP contribution < -0.4 is 5.32 Å². The molecule has 0 aromatic heterocycles. The summed E-state index contributed by atoms with van der Waals surface area (Å²) in [7, 11) is 0. The second-order valence-electron chi connectivity index (χ2n) is 9.82. The van der Waals surface area contributed by atoms with Gasteiger partial charge in [0.1, 0.15) is 5.70 Å². The number of esters is 2. The molecular weight excluding hydrogens is 448 g/mol. The number of β-lactam (4-membered cyclic amide) rings is 1. The van der Waals surface area contributed by atoms with Crippen molar-refractivity contribution < 1.29 is 33.8 Å². The Labute approximate surface area is 197 Å². The lowest BCUT2D eigenvalue weighted by atomic mass is 9.76. The van der Waals surface area contributed by atoms with Crippen molar-refractivity contribution in [3.8, 4) is 0 Å². The molecule has 4 rings (SSSR count). The van der Waals surface area contributed by atoms with E-state index in [1.165, 1.54) is 16.7 Å². The number of nitrogens with zero attached hydrogens (tertiary/aromatic N) is 1. The Morgan fingerprint density at radius 2 is 1.94 bits per heavy atom. The number of aliphatic hydroxyl groups excluding tert-OH is 1. The molecule has 2 amide bonds. The van der Waals surface area contributed by atoms with E-state index >= 15 is 0 Å². The predicted molar refractivity (Wildman–Crippen MR) is 119 cm³/mol. The van der Waals surface area contributed by atoms with Gasteiger partial charge in [-0.15, -0.1) is 11.8 Å². The van der Waals surface area contributed by atoms with Gasteiger partial charge in [-0.05, 0) is 26.7 Å². The quantitative estimate of drug-likeness (QED) is 0.321. The molecule has 1 aliphatic carbocycles. The Morgan fingerprint density at radius 1 is 1.24 bits per heavy atom. The van der Waals surface area contributed by atoms with Gasteiger partial charge in [0.15, 0.2) is 0 Å². The van der Waals surface area contributed by atoms with E-state index in [0.29, 0.717) is 17.9 Å². The van der Waals surface area contributed by atoms with Crippen molar-refractivity contribution in [2.24, 2.45) is 17.3 Å². The fourth-order valence-electron chi connectivity index (χ4n) is 5.43. The van der Waals surface area contributed by atoms with Crippen LogP contribution in [-0.4, -0.2) is 64.5 Å². The highest BCUT2D eigenvalue weighted by Gasteiger charge is 2.60. The van der Waals surface area contributed by atoms with Crippen molar-refractivity contribution in [1.29, 1.82) is 0 Å². The normalized spacial score (nSPS) is 31.6. The summed E-state index contributed by atoms with van der Waals surface area (Å²) in [5.74, 6) is -2.25. The molecule has 5 atom stereocenters. The number of aliphatic hydroxyl groups is 1. The summed E-state index contributed by atoms with van der Waals surface area (Å²) in [4.78, 5) is 52.1. The average molecular weight is 481 g/mol. The zero-order chi connectivity index (χ0) is 23.9. The lowest BCUT2D eigenvalue weighted by molar-refractivity contribution is -0.177. The first-order valence-corrected chi connectivity index (χ1v) is 12.5. The van der Waals surface area contributed by atoms with Crippen molar-refractivity contribution in [2.75, 3.05) is 13.3 Å². The highest BCUT2D eigenvalue weighted by Crippen LogP contribution is 2.52. The van der Waals surface area contributed by atoms with E-state index in [9.17, 15) is 24.3 Å². The van der Waals surface area contributed by atoms with E-state index in [1.807, 2.05) is 13.8 Å². The van der Waals surface area contributed by atoms with Gasteiger partial charge in [-0.25, -0.2) is 4.79 Å². The molecule has 2 N–H and O–H groups in total. The lowest BCUT2D eigenvalue weighted by Crippen LogP contribution is -2.63. The SMILES string of the molecule is CC(O)C1C(=O)N2C(C(=O)OCOC(=O)C3(C)CCCCC3)=C(SC3CNC(=O)C3)C(C)[C@@H]12. The molecule has 3 heterocycles. The molecular formula is C23H32N2O7S. The summed E-state index contributed by atoms with van der Waals surface area (Å²) in [6.45, 7) is 5.33. The second kappa shape index (κ2) is 9.29. The molecule has 0 bridgehead atoms. The van der Waals surface area contributed by atoms with Crippen molar-refractivity contribution in [1.82, 2.24) is 10.2 Å². The number of carbonyl (C=O) groups excluding carboxylic acids is 4. The molecule has 0 radical (unpaired) electrons. The fraction of sp³-hybridized carbons (Fsp3) is 0.739. The van der Waals surface area contributed by atoms with Crippen LogP contribution in [0.1, 0.15) is 59.3 Å². The molecule has 3 fully saturated rings. The van der Waals surface area contributed by atoms with E-state index in [-0.39, 0.29) is 40.7 Å². The Hall–Kier alpha value is -2.07. The maximum Gasteiger partial charge on any atom is 0.358 e. The van der Waals surface area contributed by atoms with Crippen LogP contribution in [0.15, 0.2) is 10.6 Å². The number of nitrogens with one attached hydrogen (secondary N) is 1. The Balaban J connectivity index is 1.46. The topological polar surface area (TPSA) is 122 Å². The van der Waals surface area contributed by atoms with Crippen LogP contribution in [0.3, 0.4) is 0 Å². The predicted octanol–water partition coefficient (Wildman–Crippen LogP) is 1.69. The molecule has 0 aromatic carbocycles. The Morgan fingerprint density at radius 3 is 2.55 bits per heavy atom. The van der Waals surface area contributed by atoms with E-state index in [1.54, 1.807) is 6.92 Å². The van der Waals surface area contributed by atoms with Crippen LogP contribution in [0.2, 0.25) is 0 Å². The van der Waals surface area contributed by atoms with Crippen LogP contribution >= 0.6 is 11.8 Å². The molecule has 0 aromatic rings. The molecule has 10 heteroatoms. The average Bonchev–Trinajstić information content (AvgIpc) is 3.27. The van der Waals surface area contributed by atoms with Crippen molar-refractivity contribution in [2.45, 2.75) is 76.7 Å². The Kier molecular flexibility index (Phi) is 6.77. The standard InChI is InChI=1S/C23H32N2O7S/c1-12-17-16(13(2)26)20(28)25(17)18(19(12)33-14-9-15(27)24-10-14)21(29)31-11-32-22(30)23(3)7-5-4-6-8-23/h12-14,16-17,26H,4-11H2,1-3H3,(H,24,27)/t12?,13?,14?,16?,17-/m0/s1. The number of carbonyl (C=O) groups is 4. The molecule has 33 heavy (non-hydrogen) atoms. The van der Waals surface area contributed by atoms with Gasteiger partial charge in [-0.1, -0.05) is 26.2 Å². The zero-order valence-corrected chi connectivity index (χ0v) is 20.1. The molecule has 182 valence electrons. The van der Waals surface area contributed by atoms with Crippen LogP contribution in [0.4, 0.5) is 0 Å². The van der Waals surface area contributed by atoms with Crippen molar-refractivity contribution in [3.63, 3.8) is 0 Å². The number of thioether (sulfide) groups is 1. The number of fused-ring (bicyclic) bond motifs is 1. The third kappa shape index (κ3) is 4.39. The largest absolute Gasteiger partial charge is 0.427 e. The van der Waals surface area contributed by atoms with Gasteiger partial charge < -0.3 is 24.8 Å². The van der Waals surface area contributed by atoms with Gasteiger partial charge in [0.05, 0.1) is 23.5 Å². The monoisotopic (exact) mass is 480 g/mol. The van der Waals surface area contributed by atoms with Crippen LogP contribution in [0.25, 0.3) is 0 Å². The van der Waals surface area contributed by atoms with Crippen molar-refractivity contribution >= 4 is 35.5 Å². The summed E-state index contributed by atoms with van der Waals surface area (Å²) in [5.41, 5.74) is -0.420. The molecule has 9 nitrogen and oxygen atoms in total. The van der Waals surface area contributed by atoms with Gasteiger partial charge in [-0.2, -0.15) is 0 Å². The minimum absolute atomic E-state index is 0.0489. The van der Waals surface area contributed by atoms with Crippen LogP contribution in [-0.2, 0) is 28.7 Å². The third-order valence-corrected chi connectivity index (χ3v) is 8.85. The highest BCUT2D eigenvalue weighted by molar-refractivity contribution is 8.03. The summed E-state index contributed by atoms with van der Waals surface area (Å²) >= 11 is 1.40. The number of hydrogen-bond acceptors (Lipinski definition) is 8. The van der Waals surface area contributed by atoms with E-state index in [4.69, 9.17) is 9.47 Å². The first-order valence-electron chi connectivity index (χ1n) is 11.7. The molecule has 2 saturated heterocycles. The number of hydrogen-bond donors (Lipinski definition) is 2. The maximum absolute atomic E-state index is 13.1. The molecule has 3 aliphatic heterocycles. The maximum atomic E-state index is 13.1. The summed E-state index contributed by atoms with van der Waals surface area (Å²) in [5, 5.41) is 12.8. The smallest absolute Gasteiger partial charge is 0.358 e. The summed E-state index contributed by atoms with van der Waals surface area (Å²) in [6, 6.07) is -0.337. The third-order valence-electron chi connectivity index (χ3n) is 7.37. The van der Waals surface area contributed by atoms with Crippen LogP contribution in [0, 0.1) is 17.3 Å². The van der Waals surface area contributed by atoms with Gasteiger partial charge in [0.25, 0.3) is 0 Å². The molecule has 4 aliphatic rings. The highest BCUT2D eigenvalue weighted by atomic mass is 32.2. The zero-order valence-electron chi connectivity index (χ0n) is 19.3. The van der Waals surface area contributed by atoms with Gasteiger partial charge in [0, 0.05) is 29.0 Å². The lowest BCUT2D eigenvalue weighted by Gasteiger charge is -2.46.